The number of aromatic nitrogens is 2. The van der Waals surface area contributed by atoms with E-state index in [1.165, 1.54) is 0 Å². The van der Waals surface area contributed by atoms with Crippen LogP contribution in [0.1, 0.15) is 22.3 Å². The van der Waals surface area contributed by atoms with E-state index in [1.54, 1.807) is 146 Å². The molecular formula is C43H42N12O5. The molecule has 17 heteroatoms. The van der Waals surface area contributed by atoms with Gasteiger partial charge in [0.05, 0.1) is 23.8 Å². The number of urea groups is 5. The number of anilines is 6. The molecule has 4 aromatic carbocycles. The summed E-state index contributed by atoms with van der Waals surface area (Å²) in [5.41, 5.74) is 6.85. The molecule has 0 saturated carbocycles. The summed E-state index contributed by atoms with van der Waals surface area (Å²) in [4.78, 5) is 69.7. The molecular weight excluding hydrogens is 765 g/mol. The Morgan fingerprint density at radius 3 is 0.800 bits per heavy atom. The lowest BCUT2D eigenvalue weighted by molar-refractivity contribution is 0.239. The molecule has 17 nitrogen and oxygen atoms in total. The van der Waals surface area contributed by atoms with Gasteiger partial charge in [0.1, 0.15) is 0 Å². The van der Waals surface area contributed by atoms with Gasteiger partial charge < -0.3 is 53.2 Å². The van der Waals surface area contributed by atoms with Crippen molar-refractivity contribution in [2.75, 3.05) is 31.9 Å². The summed E-state index contributed by atoms with van der Waals surface area (Å²) in [6.45, 7) is 1.13. The monoisotopic (exact) mass is 806 g/mol. The molecule has 0 aliphatic heterocycles. The summed E-state index contributed by atoms with van der Waals surface area (Å²) in [5.74, 6) is 0. The summed E-state index contributed by atoms with van der Waals surface area (Å²) >= 11 is 0. The standard InChI is InChI=1S/C43H42N12O5/c56-39(48-25-31-9-17-35(18-10-31)52-42(59)54-37-3-1-21-44-27-37)46-23-29-5-13-33(14-6-29)50-41(58)51-34-15-7-30(8-16-34)24-47-40(57)49-26-32-11-19-36(20-12-32)53-43(60)55-38-4-2-22-45-28-38/h1-22,27-28H,23-26H2,(H2,46,48,56)(H2,47,49,57)(H2,50,51,58)(H2,52,54,59)(H2,53,55,60). The smallest absolute Gasteiger partial charge is 0.323 e. The number of nitrogens with one attached hydrogen (secondary N) is 10. The lowest BCUT2D eigenvalue weighted by Gasteiger charge is -2.11. The average molecular weight is 807 g/mol. The van der Waals surface area contributed by atoms with Crippen molar-refractivity contribution in [2.24, 2.45) is 0 Å². The fraction of sp³-hybridized carbons (Fsp3) is 0.0930. The van der Waals surface area contributed by atoms with Gasteiger partial charge in [-0.25, -0.2) is 24.0 Å². The van der Waals surface area contributed by atoms with E-state index in [2.05, 4.69) is 63.1 Å². The predicted octanol–water partition coefficient (Wildman–Crippen LogP) is 7.41. The SMILES string of the molecule is O=C(NCc1ccc(NC(=O)Nc2ccc(CNC(=O)NCc3ccc(NC(=O)Nc4cccnc4)cc3)cc2)cc1)NCc1ccc(NC(=O)Nc2cccnc2)cc1. The number of rotatable bonds is 14. The minimum absolute atomic E-state index is 0.277. The van der Waals surface area contributed by atoms with Gasteiger partial charge in [-0.05, 0) is 95.1 Å². The molecule has 304 valence electrons. The van der Waals surface area contributed by atoms with Crippen LogP contribution in [0, 0.1) is 0 Å². The quantitative estimate of drug-likeness (QED) is 0.0535. The van der Waals surface area contributed by atoms with Crippen LogP contribution in [0.25, 0.3) is 0 Å². The number of carbonyl (C=O) groups excluding carboxylic acids is 5. The molecule has 60 heavy (non-hydrogen) atoms. The first kappa shape index (κ1) is 41.2. The van der Waals surface area contributed by atoms with E-state index in [9.17, 15) is 24.0 Å². The number of nitrogens with zero attached hydrogens (tertiary/aromatic N) is 2. The van der Waals surface area contributed by atoms with Crippen LogP contribution in [-0.2, 0) is 26.2 Å². The molecule has 0 unspecified atom stereocenters. The first-order valence-electron chi connectivity index (χ1n) is 18.7. The van der Waals surface area contributed by atoms with Crippen LogP contribution in [0.3, 0.4) is 0 Å². The van der Waals surface area contributed by atoms with Crippen LogP contribution >= 0.6 is 0 Å². The highest BCUT2D eigenvalue weighted by molar-refractivity contribution is 6.01. The molecule has 0 radical (unpaired) electrons. The van der Waals surface area contributed by atoms with Crippen LogP contribution in [0.5, 0.6) is 0 Å². The lowest BCUT2D eigenvalue weighted by Crippen LogP contribution is -2.34. The van der Waals surface area contributed by atoms with Crippen LogP contribution in [0.15, 0.2) is 146 Å². The molecule has 10 amide bonds. The van der Waals surface area contributed by atoms with Gasteiger partial charge in [0.25, 0.3) is 0 Å². The normalized spacial score (nSPS) is 10.3. The second-order valence-corrected chi connectivity index (χ2v) is 13.1. The number of amides is 10. The van der Waals surface area contributed by atoms with Gasteiger partial charge in [-0.15, -0.1) is 0 Å². The van der Waals surface area contributed by atoms with Gasteiger partial charge in [0.2, 0.25) is 0 Å². The summed E-state index contributed by atoms with van der Waals surface area (Å²) < 4.78 is 0. The Morgan fingerprint density at radius 2 is 0.567 bits per heavy atom. The number of hydrogen-bond acceptors (Lipinski definition) is 7. The molecule has 6 rings (SSSR count). The second-order valence-electron chi connectivity index (χ2n) is 13.1. The fourth-order valence-electron chi connectivity index (χ4n) is 5.43. The molecule has 0 spiro atoms. The van der Waals surface area contributed by atoms with Crippen molar-refractivity contribution in [2.45, 2.75) is 26.2 Å². The second kappa shape index (κ2) is 21.2. The van der Waals surface area contributed by atoms with Crippen molar-refractivity contribution in [1.82, 2.24) is 31.2 Å². The van der Waals surface area contributed by atoms with E-state index in [1.807, 2.05) is 0 Å². The average Bonchev–Trinajstić information content (AvgIpc) is 3.26. The van der Waals surface area contributed by atoms with Gasteiger partial charge in [-0.1, -0.05) is 48.5 Å². The van der Waals surface area contributed by atoms with Crippen molar-refractivity contribution in [3.05, 3.63) is 168 Å². The zero-order valence-corrected chi connectivity index (χ0v) is 32.1. The summed E-state index contributed by atoms with van der Waals surface area (Å²) in [5, 5.41) is 27.7. The number of benzene rings is 4. The Hall–Kier alpha value is -8.47. The number of carbonyl (C=O) groups is 5. The maximum absolute atomic E-state index is 12.6. The number of hydrogen-bond donors (Lipinski definition) is 10. The maximum Gasteiger partial charge on any atom is 0.323 e. The van der Waals surface area contributed by atoms with Crippen molar-refractivity contribution in [1.29, 1.82) is 0 Å². The Bertz CT molecular complexity index is 2180. The van der Waals surface area contributed by atoms with Crippen LogP contribution < -0.4 is 53.2 Å². The van der Waals surface area contributed by atoms with E-state index in [4.69, 9.17) is 0 Å². The molecule has 0 aliphatic rings. The van der Waals surface area contributed by atoms with Crippen molar-refractivity contribution in [3.8, 4) is 0 Å². The molecule has 10 N–H and O–H groups in total. The third-order valence-electron chi connectivity index (χ3n) is 8.50. The van der Waals surface area contributed by atoms with Crippen molar-refractivity contribution >= 4 is 64.3 Å². The molecule has 2 heterocycles. The highest BCUT2D eigenvalue weighted by Crippen LogP contribution is 2.15. The molecule has 0 aliphatic carbocycles. The van der Waals surface area contributed by atoms with E-state index >= 15 is 0 Å². The Kier molecular flexibility index (Phi) is 14.5. The third-order valence-corrected chi connectivity index (χ3v) is 8.50. The Labute approximate surface area is 345 Å². The molecule has 6 aromatic rings. The Balaban J connectivity index is 0.827. The highest BCUT2D eigenvalue weighted by atomic mass is 16.2. The molecule has 0 fully saturated rings. The van der Waals surface area contributed by atoms with Crippen molar-refractivity contribution in [3.63, 3.8) is 0 Å². The van der Waals surface area contributed by atoms with Gasteiger partial charge >= 0.3 is 30.2 Å². The van der Waals surface area contributed by atoms with Crippen LogP contribution in [0.2, 0.25) is 0 Å². The van der Waals surface area contributed by atoms with E-state index in [0.717, 1.165) is 22.3 Å². The minimum Gasteiger partial charge on any atom is -0.334 e. The first-order chi connectivity index (χ1) is 29.2. The lowest BCUT2D eigenvalue weighted by atomic mass is 10.2. The van der Waals surface area contributed by atoms with E-state index < -0.39 is 18.1 Å². The fourth-order valence-corrected chi connectivity index (χ4v) is 5.43. The van der Waals surface area contributed by atoms with E-state index in [0.29, 0.717) is 47.2 Å². The van der Waals surface area contributed by atoms with Gasteiger partial charge in [-0.3, -0.25) is 9.97 Å². The minimum atomic E-state index is -0.431. The van der Waals surface area contributed by atoms with Crippen molar-refractivity contribution < 1.29 is 24.0 Å². The topological polar surface area (TPSA) is 231 Å². The van der Waals surface area contributed by atoms with Crippen LogP contribution in [0.4, 0.5) is 58.1 Å². The third kappa shape index (κ3) is 13.9. The summed E-state index contributed by atoms with van der Waals surface area (Å²) in [6.07, 6.45) is 6.33. The molecule has 0 bridgehead atoms. The van der Waals surface area contributed by atoms with E-state index in [-0.39, 0.29) is 25.2 Å². The van der Waals surface area contributed by atoms with Crippen LogP contribution in [-0.4, -0.2) is 40.1 Å². The van der Waals surface area contributed by atoms with Gasteiger partial charge in [0, 0.05) is 61.3 Å². The summed E-state index contributed by atoms with van der Waals surface area (Å²) in [6, 6.07) is 33.3. The molecule has 0 atom stereocenters. The van der Waals surface area contributed by atoms with Gasteiger partial charge in [-0.2, -0.15) is 0 Å². The van der Waals surface area contributed by atoms with Gasteiger partial charge in [0.15, 0.2) is 0 Å². The molecule has 0 saturated heterocycles. The zero-order chi connectivity index (χ0) is 41.9. The molecule has 2 aromatic heterocycles. The summed E-state index contributed by atoms with van der Waals surface area (Å²) in [7, 11) is 0. The Morgan fingerprint density at radius 1 is 0.317 bits per heavy atom. The largest absolute Gasteiger partial charge is 0.334 e. The zero-order valence-electron chi connectivity index (χ0n) is 32.1. The highest BCUT2D eigenvalue weighted by Gasteiger charge is 2.08. The predicted molar refractivity (Wildman–Crippen MR) is 230 cm³/mol. The number of pyridine rings is 2. The maximum atomic E-state index is 12.6. The first-order valence-corrected chi connectivity index (χ1v) is 18.7.